The summed E-state index contributed by atoms with van der Waals surface area (Å²) in [5.74, 6) is -0.351. The number of halogens is 1. The van der Waals surface area contributed by atoms with Crippen LogP contribution in [-0.4, -0.2) is 19.7 Å². The monoisotopic (exact) mass is 288 g/mol. The molecule has 0 saturated carbocycles. The van der Waals surface area contributed by atoms with Crippen molar-refractivity contribution in [3.05, 3.63) is 52.0 Å². The van der Waals surface area contributed by atoms with Gasteiger partial charge in [-0.3, -0.25) is 0 Å². The molecule has 102 valence electrons. The van der Waals surface area contributed by atoms with E-state index in [-0.39, 0.29) is 11.9 Å². The van der Waals surface area contributed by atoms with E-state index in [0.717, 1.165) is 4.88 Å². The topological polar surface area (TPSA) is 36.3 Å². The Bertz CT molecular complexity index is 636. The second kappa shape index (κ2) is 5.61. The van der Waals surface area contributed by atoms with Crippen LogP contribution >= 0.6 is 11.3 Å². The molecule has 3 nitrogen and oxygen atoms in total. The van der Waals surface area contributed by atoms with Crippen LogP contribution in [0, 0.1) is 17.1 Å². The minimum atomic E-state index is -0.351. The van der Waals surface area contributed by atoms with Crippen molar-refractivity contribution < 1.29 is 9.13 Å². The molecular formula is C15H13FN2OS. The fourth-order valence-corrected chi connectivity index (χ4v) is 3.11. The summed E-state index contributed by atoms with van der Waals surface area (Å²) in [5.41, 5.74) is 0.878. The molecule has 2 aromatic rings. The quantitative estimate of drug-likeness (QED) is 0.850. The van der Waals surface area contributed by atoms with E-state index in [9.17, 15) is 4.39 Å². The highest BCUT2D eigenvalue weighted by Crippen LogP contribution is 2.30. The van der Waals surface area contributed by atoms with Crippen LogP contribution in [0.25, 0.3) is 0 Å². The summed E-state index contributed by atoms with van der Waals surface area (Å²) in [5, 5.41) is 10.8. The molecule has 20 heavy (non-hydrogen) atoms. The summed E-state index contributed by atoms with van der Waals surface area (Å²) in [4.78, 5) is 3.13. The van der Waals surface area contributed by atoms with Gasteiger partial charge in [-0.2, -0.15) is 5.26 Å². The first kappa shape index (κ1) is 13.1. The lowest BCUT2D eigenvalue weighted by atomic mass is 10.1. The second-order valence-corrected chi connectivity index (χ2v) is 5.58. The molecule has 0 N–H and O–H groups in total. The molecular weight excluding hydrogens is 275 g/mol. The maximum absolute atomic E-state index is 14.1. The SMILES string of the molecule is N#Cc1ccc(N2CCOC(c3cccs3)C2)c(F)c1. The maximum Gasteiger partial charge on any atom is 0.147 e. The highest BCUT2D eigenvalue weighted by Gasteiger charge is 2.24. The number of nitriles is 1. The van der Waals surface area contributed by atoms with Crippen molar-refractivity contribution in [2.24, 2.45) is 0 Å². The van der Waals surface area contributed by atoms with E-state index in [2.05, 4.69) is 0 Å². The Kier molecular flexibility index (Phi) is 3.68. The Morgan fingerprint density at radius 2 is 2.30 bits per heavy atom. The normalized spacial score (nSPS) is 18.8. The van der Waals surface area contributed by atoms with E-state index < -0.39 is 0 Å². The average Bonchev–Trinajstić information content (AvgIpc) is 3.01. The Hall–Kier alpha value is -1.90. The zero-order chi connectivity index (χ0) is 13.9. The molecule has 0 amide bonds. The fraction of sp³-hybridized carbons (Fsp3) is 0.267. The summed E-state index contributed by atoms with van der Waals surface area (Å²) < 4.78 is 19.8. The van der Waals surface area contributed by atoms with Crippen molar-refractivity contribution in [1.82, 2.24) is 0 Å². The van der Waals surface area contributed by atoms with E-state index in [1.807, 2.05) is 28.5 Å². The lowest BCUT2D eigenvalue weighted by molar-refractivity contribution is 0.0419. The minimum Gasteiger partial charge on any atom is -0.369 e. The van der Waals surface area contributed by atoms with Gasteiger partial charge in [0.2, 0.25) is 0 Å². The Morgan fingerprint density at radius 1 is 1.40 bits per heavy atom. The number of hydrogen-bond donors (Lipinski definition) is 0. The van der Waals surface area contributed by atoms with Crippen molar-refractivity contribution in [3.8, 4) is 6.07 Å². The summed E-state index contributed by atoms with van der Waals surface area (Å²) in [6.07, 6.45) is -0.0150. The van der Waals surface area contributed by atoms with Gasteiger partial charge in [-0.05, 0) is 29.6 Å². The van der Waals surface area contributed by atoms with Gasteiger partial charge in [0.15, 0.2) is 0 Å². The van der Waals surface area contributed by atoms with Gasteiger partial charge in [-0.25, -0.2) is 4.39 Å². The molecule has 3 rings (SSSR count). The van der Waals surface area contributed by atoms with Crippen LogP contribution in [0.3, 0.4) is 0 Å². The van der Waals surface area contributed by atoms with Crippen LogP contribution in [0.1, 0.15) is 16.5 Å². The smallest absolute Gasteiger partial charge is 0.147 e. The van der Waals surface area contributed by atoms with Crippen LogP contribution in [0.5, 0.6) is 0 Å². The molecule has 1 saturated heterocycles. The minimum absolute atomic E-state index is 0.0150. The third-order valence-electron chi connectivity index (χ3n) is 3.34. The molecule has 1 aliphatic rings. The average molecular weight is 288 g/mol. The third-order valence-corrected chi connectivity index (χ3v) is 4.31. The summed E-state index contributed by atoms with van der Waals surface area (Å²) in [7, 11) is 0. The van der Waals surface area contributed by atoms with Crippen LogP contribution in [0.15, 0.2) is 35.7 Å². The zero-order valence-electron chi connectivity index (χ0n) is 10.8. The molecule has 5 heteroatoms. The second-order valence-electron chi connectivity index (χ2n) is 4.60. The Labute approximate surface area is 120 Å². The van der Waals surface area contributed by atoms with Gasteiger partial charge >= 0.3 is 0 Å². The van der Waals surface area contributed by atoms with E-state index in [4.69, 9.17) is 10.00 Å². The molecule has 0 spiro atoms. The first-order chi connectivity index (χ1) is 9.78. The summed E-state index contributed by atoms with van der Waals surface area (Å²) in [6.45, 7) is 1.86. The lowest BCUT2D eigenvalue weighted by Crippen LogP contribution is -2.38. The first-order valence-electron chi connectivity index (χ1n) is 6.37. The van der Waals surface area contributed by atoms with Crippen LogP contribution < -0.4 is 4.90 Å². The summed E-state index contributed by atoms with van der Waals surface area (Å²) in [6, 6.07) is 10.6. The molecule has 1 fully saturated rings. The number of thiophene rings is 1. The maximum atomic E-state index is 14.1. The number of rotatable bonds is 2. The molecule has 1 unspecified atom stereocenters. The Balaban J connectivity index is 1.82. The van der Waals surface area contributed by atoms with Gasteiger partial charge < -0.3 is 9.64 Å². The fourth-order valence-electron chi connectivity index (χ4n) is 2.35. The summed E-state index contributed by atoms with van der Waals surface area (Å²) >= 11 is 1.65. The van der Waals surface area contributed by atoms with Gasteiger partial charge in [0.25, 0.3) is 0 Å². The highest BCUT2D eigenvalue weighted by molar-refractivity contribution is 7.10. The number of morpholine rings is 1. The number of anilines is 1. The van der Waals surface area contributed by atoms with Gasteiger partial charge in [-0.15, -0.1) is 11.3 Å². The number of hydrogen-bond acceptors (Lipinski definition) is 4. The van der Waals surface area contributed by atoms with E-state index in [1.54, 1.807) is 23.5 Å². The molecule has 1 aromatic carbocycles. The third kappa shape index (κ3) is 2.53. The number of ether oxygens (including phenoxy) is 1. The van der Waals surface area contributed by atoms with Crippen molar-refractivity contribution in [3.63, 3.8) is 0 Å². The van der Waals surface area contributed by atoms with Gasteiger partial charge in [0.05, 0.1) is 23.9 Å². The number of nitrogens with zero attached hydrogens (tertiary/aromatic N) is 2. The van der Waals surface area contributed by atoms with Crippen molar-refractivity contribution >= 4 is 17.0 Å². The van der Waals surface area contributed by atoms with Crippen LogP contribution in [0.2, 0.25) is 0 Å². The van der Waals surface area contributed by atoms with Crippen molar-refractivity contribution in [2.45, 2.75) is 6.10 Å². The lowest BCUT2D eigenvalue weighted by Gasteiger charge is -2.34. The van der Waals surface area contributed by atoms with Gasteiger partial charge in [-0.1, -0.05) is 6.07 Å². The zero-order valence-corrected chi connectivity index (χ0v) is 11.6. The highest BCUT2D eigenvalue weighted by atomic mass is 32.1. The Morgan fingerprint density at radius 3 is 3.00 bits per heavy atom. The van der Waals surface area contributed by atoms with E-state index >= 15 is 0 Å². The molecule has 1 atom stereocenters. The van der Waals surface area contributed by atoms with E-state index in [1.165, 1.54) is 6.07 Å². The van der Waals surface area contributed by atoms with Gasteiger partial charge in [0.1, 0.15) is 11.9 Å². The molecule has 1 aromatic heterocycles. The van der Waals surface area contributed by atoms with Crippen LogP contribution in [-0.2, 0) is 4.74 Å². The predicted octanol–water partition coefficient (Wildman–Crippen LogP) is 3.34. The molecule has 2 heterocycles. The molecule has 0 radical (unpaired) electrons. The molecule has 0 aliphatic carbocycles. The predicted molar refractivity (Wildman–Crippen MR) is 76.3 cm³/mol. The molecule has 1 aliphatic heterocycles. The van der Waals surface area contributed by atoms with Crippen molar-refractivity contribution in [1.29, 1.82) is 5.26 Å². The standard InChI is InChI=1S/C15H13FN2OS/c16-12-8-11(9-17)3-4-13(12)18-5-6-19-14(10-18)15-2-1-7-20-15/h1-4,7-8,14H,5-6,10H2. The van der Waals surface area contributed by atoms with E-state index in [0.29, 0.717) is 30.9 Å². The van der Waals surface area contributed by atoms with Crippen LogP contribution in [0.4, 0.5) is 10.1 Å². The first-order valence-corrected chi connectivity index (χ1v) is 7.25. The van der Waals surface area contributed by atoms with Crippen molar-refractivity contribution in [2.75, 3.05) is 24.6 Å². The largest absolute Gasteiger partial charge is 0.369 e. The number of benzene rings is 1. The van der Waals surface area contributed by atoms with Gasteiger partial charge in [0, 0.05) is 18.0 Å². The molecule has 0 bridgehead atoms.